The summed E-state index contributed by atoms with van der Waals surface area (Å²) in [5.74, 6) is 2.55. The molecule has 8 nitrogen and oxygen atoms in total. The average Bonchev–Trinajstić information content (AvgIpc) is 3.45. The first-order chi connectivity index (χ1) is 15.9. The number of rotatable bonds is 8. The van der Waals surface area contributed by atoms with Crippen LogP contribution in [0.1, 0.15) is 35.2 Å². The standard InChI is InChI=1S/C24H22N4O4S/c1-4-21(30)25-17-9-7-16(8-10-17)18(29)13-33-24-26-22(19-11-5-14(2)31-19)23(27-28-24)20-12-6-15(3)32-20/h5-12H,4,13H2,1-3H3,(H,25,30). The molecule has 0 atom stereocenters. The third-order valence-corrected chi connectivity index (χ3v) is 5.60. The number of hydrogen-bond donors (Lipinski definition) is 1. The van der Waals surface area contributed by atoms with Gasteiger partial charge in [-0.15, -0.1) is 10.2 Å². The minimum absolute atomic E-state index is 0.0787. The molecule has 4 rings (SSSR count). The number of hydrogen-bond acceptors (Lipinski definition) is 8. The normalized spacial score (nSPS) is 10.9. The fraction of sp³-hybridized carbons (Fsp3) is 0.208. The number of ketones is 1. The van der Waals surface area contributed by atoms with Crippen molar-refractivity contribution >= 4 is 29.1 Å². The van der Waals surface area contributed by atoms with E-state index >= 15 is 0 Å². The number of anilines is 1. The molecule has 168 valence electrons. The molecule has 1 N–H and O–H groups in total. The summed E-state index contributed by atoms with van der Waals surface area (Å²) in [4.78, 5) is 28.7. The van der Waals surface area contributed by atoms with Gasteiger partial charge in [0, 0.05) is 17.7 Å². The van der Waals surface area contributed by atoms with Gasteiger partial charge in [0.25, 0.3) is 0 Å². The van der Waals surface area contributed by atoms with E-state index in [1.165, 1.54) is 11.8 Å². The van der Waals surface area contributed by atoms with E-state index in [0.717, 1.165) is 11.5 Å². The number of amides is 1. The van der Waals surface area contributed by atoms with Crippen LogP contribution >= 0.6 is 11.8 Å². The lowest BCUT2D eigenvalue weighted by atomic mass is 10.1. The summed E-state index contributed by atoms with van der Waals surface area (Å²) in [5.41, 5.74) is 2.16. The van der Waals surface area contributed by atoms with Crippen molar-refractivity contribution in [2.24, 2.45) is 0 Å². The Morgan fingerprint density at radius 1 is 0.879 bits per heavy atom. The molecule has 33 heavy (non-hydrogen) atoms. The lowest BCUT2D eigenvalue weighted by Gasteiger charge is -2.06. The van der Waals surface area contributed by atoms with E-state index in [9.17, 15) is 9.59 Å². The molecule has 9 heteroatoms. The zero-order chi connectivity index (χ0) is 23.4. The Kier molecular flexibility index (Phi) is 6.69. The van der Waals surface area contributed by atoms with Crippen molar-refractivity contribution in [3.63, 3.8) is 0 Å². The number of carbonyl (C=O) groups is 2. The topological polar surface area (TPSA) is 111 Å². The minimum atomic E-state index is -0.0851. The maximum Gasteiger partial charge on any atom is 0.224 e. The lowest BCUT2D eigenvalue weighted by molar-refractivity contribution is -0.115. The number of Topliss-reactive ketones (excluding diaryl/α,β-unsaturated/α-hetero) is 1. The number of aryl methyl sites for hydroxylation is 2. The highest BCUT2D eigenvalue weighted by atomic mass is 32.2. The number of thioether (sulfide) groups is 1. The fourth-order valence-corrected chi connectivity index (χ4v) is 3.72. The predicted octanol–water partition coefficient (Wildman–Crippen LogP) is 5.33. The number of aromatic nitrogens is 3. The van der Waals surface area contributed by atoms with Crippen molar-refractivity contribution in [1.29, 1.82) is 0 Å². The van der Waals surface area contributed by atoms with Crippen molar-refractivity contribution in [2.45, 2.75) is 32.3 Å². The van der Waals surface area contributed by atoms with Crippen LogP contribution in [0.15, 0.2) is 62.5 Å². The van der Waals surface area contributed by atoms with Crippen molar-refractivity contribution in [1.82, 2.24) is 15.2 Å². The molecule has 0 spiro atoms. The van der Waals surface area contributed by atoms with E-state index in [0.29, 0.717) is 45.7 Å². The molecule has 0 aliphatic rings. The summed E-state index contributed by atoms with van der Waals surface area (Å²) in [6.07, 6.45) is 0.392. The maximum absolute atomic E-state index is 12.6. The highest BCUT2D eigenvalue weighted by molar-refractivity contribution is 7.99. The maximum atomic E-state index is 12.6. The summed E-state index contributed by atoms with van der Waals surface area (Å²) >= 11 is 1.19. The molecule has 3 heterocycles. The van der Waals surface area contributed by atoms with Crippen LogP contribution in [0.3, 0.4) is 0 Å². The molecule has 3 aromatic heterocycles. The SMILES string of the molecule is CCC(=O)Nc1ccc(C(=O)CSc2nnc(-c3ccc(C)o3)c(-c3ccc(C)o3)n2)cc1. The molecule has 0 bridgehead atoms. The first-order valence-corrected chi connectivity index (χ1v) is 11.4. The Hall–Kier alpha value is -3.72. The Bertz CT molecular complexity index is 1290. The first kappa shape index (κ1) is 22.5. The second-order valence-corrected chi connectivity index (χ2v) is 8.25. The zero-order valence-corrected chi connectivity index (χ0v) is 19.2. The van der Waals surface area contributed by atoms with E-state index in [1.54, 1.807) is 31.2 Å². The molecule has 4 aromatic rings. The van der Waals surface area contributed by atoms with Gasteiger partial charge in [0.15, 0.2) is 23.0 Å². The number of nitrogens with zero attached hydrogens (tertiary/aromatic N) is 3. The third-order valence-electron chi connectivity index (χ3n) is 4.76. The summed E-state index contributed by atoms with van der Waals surface area (Å²) in [5, 5.41) is 11.6. The van der Waals surface area contributed by atoms with E-state index in [1.807, 2.05) is 38.1 Å². The van der Waals surface area contributed by atoms with Gasteiger partial charge in [-0.25, -0.2) is 4.98 Å². The zero-order valence-electron chi connectivity index (χ0n) is 18.4. The molecule has 0 saturated carbocycles. The van der Waals surface area contributed by atoms with Gasteiger partial charge in [-0.1, -0.05) is 18.7 Å². The van der Waals surface area contributed by atoms with E-state index < -0.39 is 0 Å². The van der Waals surface area contributed by atoms with Gasteiger partial charge in [-0.05, 0) is 62.4 Å². The third kappa shape index (κ3) is 5.38. The molecule has 0 aliphatic carbocycles. The van der Waals surface area contributed by atoms with Crippen LogP contribution in [-0.4, -0.2) is 32.6 Å². The van der Waals surface area contributed by atoms with Gasteiger partial charge in [-0.2, -0.15) is 0 Å². The van der Waals surface area contributed by atoms with Crippen LogP contribution in [0.4, 0.5) is 5.69 Å². The van der Waals surface area contributed by atoms with E-state index in [-0.39, 0.29) is 17.4 Å². The van der Waals surface area contributed by atoms with Crippen molar-refractivity contribution in [3.05, 3.63) is 65.6 Å². The predicted molar refractivity (Wildman–Crippen MR) is 125 cm³/mol. The Labute approximate surface area is 194 Å². The summed E-state index contributed by atoms with van der Waals surface area (Å²) < 4.78 is 11.5. The molecule has 0 fully saturated rings. The summed E-state index contributed by atoms with van der Waals surface area (Å²) in [6, 6.07) is 14.1. The van der Waals surface area contributed by atoms with Gasteiger partial charge in [-0.3, -0.25) is 9.59 Å². The van der Waals surface area contributed by atoms with Crippen molar-refractivity contribution in [3.8, 4) is 22.9 Å². The quantitative estimate of drug-likeness (QED) is 0.276. The van der Waals surface area contributed by atoms with Crippen molar-refractivity contribution in [2.75, 3.05) is 11.1 Å². The van der Waals surface area contributed by atoms with Crippen LogP contribution < -0.4 is 5.32 Å². The first-order valence-electron chi connectivity index (χ1n) is 10.4. The molecule has 0 unspecified atom stereocenters. The molecule has 0 radical (unpaired) electrons. The molecule has 1 aromatic carbocycles. The molecule has 0 aliphatic heterocycles. The monoisotopic (exact) mass is 462 g/mol. The molecule has 0 saturated heterocycles. The Morgan fingerprint density at radius 2 is 1.52 bits per heavy atom. The Balaban J connectivity index is 1.51. The van der Waals surface area contributed by atoms with Crippen LogP contribution in [0.5, 0.6) is 0 Å². The summed E-state index contributed by atoms with van der Waals surface area (Å²) in [7, 11) is 0. The van der Waals surface area contributed by atoms with Crippen LogP contribution in [0.2, 0.25) is 0 Å². The number of nitrogens with one attached hydrogen (secondary N) is 1. The second kappa shape index (κ2) is 9.83. The largest absolute Gasteiger partial charge is 0.460 e. The van der Waals surface area contributed by atoms with Gasteiger partial charge in [0.2, 0.25) is 11.1 Å². The van der Waals surface area contributed by atoms with E-state index in [2.05, 4.69) is 20.5 Å². The van der Waals surface area contributed by atoms with Gasteiger partial charge >= 0.3 is 0 Å². The van der Waals surface area contributed by atoms with Crippen LogP contribution in [-0.2, 0) is 4.79 Å². The number of furan rings is 2. The second-order valence-electron chi connectivity index (χ2n) is 7.30. The van der Waals surface area contributed by atoms with Gasteiger partial charge in [0.05, 0.1) is 5.75 Å². The highest BCUT2D eigenvalue weighted by Gasteiger charge is 2.19. The highest BCUT2D eigenvalue weighted by Crippen LogP contribution is 2.32. The molecular weight excluding hydrogens is 440 g/mol. The van der Waals surface area contributed by atoms with Crippen LogP contribution in [0.25, 0.3) is 22.9 Å². The number of benzene rings is 1. The molecular formula is C24H22N4O4S. The minimum Gasteiger partial charge on any atom is -0.460 e. The van der Waals surface area contributed by atoms with Crippen LogP contribution in [0, 0.1) is 13.8 Å². The van der Waals surface area contributed by atoms with E-state index in [4.69, 9.17) is 8.83 Å². The average molecular weight is 463 g/mol. The molecule has 1 amide bonds. The summed E-state index contributed by atoms with van der Waals surface area (Å²) in [6.45, 7) is 5.48. The Morgan fingerprint density at radius 3 is 2.09 bits per heavy atom. The van der Waals surface area contributed by atoms with Gasteiger partial charge < -0.3 is 14.2 Å². The number of carbonyl (C=O) groups excluding carboxylic acids is 2. The fourth-order valence-electron chi connectivity index (χ4n) is 3.04. The lowest BCUT2D eigenvalue weighted by Crippen LogP contribution is -2.10. The van der Waals surface area contributed by atoms with Crippen molar-refractivity contribution < 1.29 is 18.4 Å². The smallest absolute Gasteiger partial charge is 0.224 e. The van der Waals surface area contributed by atoms with Gasteiger partial charge in [0.1, 0.15) is 17.2 Å².